The van der Waals surface area contributed by atoms with E-state index in [-0.39, 0.29) is 17.8 Å². The van der Waals surface area contributed by atoms with E-state index in [0.29, 0.717) is 27.3 Å². The van der Waals surface area contributed by atoms with Crippen molar-refractivity contribution in [1.29, 1.82) is 0 Å². The van der Waals surface area contributed by atoms with Crippen molar-refractivity contribution < 1.29 is 9.18 Å². The van der Waals surface area contributed by atoms with E-state index >= 15 is 0 Å². The molecule has 0 spiro atoms. The molecule has 0 aliphatic heterocycles. The molecular weight excluding hydrogens is 376 g/mol. The van der Waals surface area contributed by atoms with Crippen LogP contribution in [0, 0.1) is 11.7 Å². The van der Waals surface area contributed by atoms with Crippen molar-refractivity contribution in [3.8, 4) is 0 Å². The van der Waals surface area contributed by atoms with Gasteiger partial charge >= 0.3 is 0 Å². The van der Waals surface area contributed by atoms with Gasteiger partial charge in [0.15, 0.2) is 0 Å². The van der Waals surface area contributed by atoms with Gasteiger partial charge in [-0.05, 0) is 61.9 Å². The lowest BCUT2D eigenvalue weighted by molar-refractivity contribution is 0.0923. The summed E-state index contributed by atoms with van der Waals surface area (Å²) in [6.07, 6.45) is 5.03. The Morgan fingerprint density at radius 3 is 2.62 bits per heavy atom. The van der Waals surface area contributed by atoms with E-state index in [1.165, 1.54) is 12.3 Å². The van der Waals surface area contributed by atoms with E-state index in [4.69, 9.17) is 23.2 Å². The highest BCUT2D eigenvalue weighted by atomic mass is 35.5. The van der Waals surface area contributed by atoms with Crippen LogP contribution in [-0.4, -0.2) is 23.5 Å². The maximum absolute atomic E-state index is 12.9. The number of rotatable bonds is 5. The summed E-state index contributed by atoms with van der Waals surface area (Å²) in [7, 11) is 0. The standard InChI is InChI=1S/C19H20Cl2FN3O/c20-13-3-7-17(21)16(9-13)19(26)25-15-5-1-12(2-6-15)10-23-18-8-4-14(22)11-24-18/h3-4,7-9,11-12,15H,1-2,5-6,10H2,(H,23,24)(H,25,26)/t12-,15-. The van der Waals surface area contributed by atoms with E-state index < -0.39 is 0 Å². The highest BCUT2D eigenvalue weighted by Crippen LogP contribution is 2.26. The number of benzene rings is 1. The number of nitrogens with zero attached hydrogens (tertiary/aromatic N) is 1. The number of anilines is 1. The third-order valence-electron chi connectivity index (χ3n) is 4.65. The summed E-state index contributed by atoms with van der Waals surface area (Å²) in [6, 6.07) is 8.04. The molecule has 4 nitrogen and oxygen atoms in total. The van der Waals surface area contributed by atoms with Crippen LogP contribution in [0.5, 0.6) is 0 Å². The van der Waals surface area contributed by atoms with Gasteiger partial charge in [0, 0.05) is 17.6 Å². The fourth-order valence-corrected chi connectivity index (χ4v) is 3.55. The minimum atomic E-state index is -0.341. The molecule has 2 aromatic rings. The molecule has 0 bridgehead atoms. The normalized spacial score (nSPS) is 19.8. The average molecular weight is 396 g/mol. The number of pyridine rings is 1. The summed E-state index contributed by atoms with van der Waals surface area (Å²) < 4.78 is 12.9. The van der Waals surface area contributed by atoms with Crippen molar-refractivity contribution in [1.82, 2.24) is 10.3 Å². The van der Waals surface area contributed by atoms with Gasteiger partial charge in [0.1, 0.15) is 11.6 Å². The number of hydrogen-bond donors (Lipinski definition) is 2. The van der Waals surface area contributed by atoms with Crippen molar-refractivity contribution >= 4 is 34.9 Å². The van der Waals surface area contributed by atoms with E-state index in [0.717, 1.165) is 32.2 Å². The van der Waals surface area contributed by atoms with Crippen LogP contribution in [0.2, 0.25) is 10.0 Å². The Hall–Kier alpha value is -1.85. The molecule has 0 saturated heterocycles. The number of carbonyl (C=O) groups excluding carboxylic acids is 1. The Balaban J connectivity index is 1.45. The fraction of sp³-hybridized carbons (Fsp3) is 0.368. The van der Waals surface area contributed by atoms with Gasteiger partial charge in [-0.1, -0.05) is 23.2 Å². The number of carbonyl (C=O) groups is 1. The molecule has 1 aliphatic carbocycles. The first-order chi connectivity index (χ1) is 12.5. The zero-order chi connectivity index (χ0) is 18.5. The van der Waals surface area contributed by atoms with Gasteiger partial charge in [0.05, 0.1) is 16.8 Å². The predicted molar refractivity (Wildman–Crippen MR) is 102 cm³/mol. The molecular formula is C19H20Cl2FN3O. The average Bonchev–Trinajstić information content (AvgIpc) is 2.64. The van der Waals surface area contributed by atoms with Crippen molar-refractivity contribution in [2.45, 2.75) is 31.7 Å². The number of aromatic nitrogens is 1. The third-order valence-corrected chi connectivity index (χ3v) is 5.22. The molecule has 0 radical (unpaired) electrons. The lowest BCUT2D eigenvalue weighted by Gasteiger charge is -2.29. The van der Waals surface area contributed by atoms with Gasteiger partial charge in [-0.15, -0.1) is 0 Å². The third kappa shape index (κ3) is 5.08. The van der Waals surface area contributed by atoms with Gasteiger partial charge in [-0.3, -0.25) is 4.79 Å². The monoisotopic (exact) mass is 395 g/mol. The molecule has 0 unspecified atom stereocenters. The van der Waals surface area contributed by atoms with Crippen LogP contribution < -0.4 is 10.6 Å². The zero-order valence-corrected chi connectivity index (χ0v) is 15.7. The first kappa shape index (κ1) is 18.9. The Morgan fingerprint density at radius 2 is 1.92 bits per heavy atom. The SMILES string of the molecule is O=C(N[C@H]1CC[C@H](CNc2ccc(F)cn2)CC1)c1cc(Cl)ccc1Cl. The van der Waals surface area contributed by atoms with Gasteiger partial charge in [-0.2, -0.15) is 0 Å². The second-order valence-electron chi connectivity index (χ2n) is 6.56. The van der Waals surface area contributed by atoms with Crippen molar-refractivity contribution in [3.05, 3.63) is 58.0 Å². The van der Waals surface area contributed by atoms with Gasteiger partial charge in [-0.25, -0.2) is 9.37 Å². The van der Waals surface area contributed by atoms with E-state index in [9.17, 15) is 9.18 Å². The second-order valence-corrected chi connectivity index (χ2v) is 7.40. The molecule has 1 aromatic heterocycles. The molecule has 1 fully saturated rings. The summed E-state index contributed by atoms with van der Waals surface area (Å²) in [5.41, 5.74) is 0.408. The quantitative estimate of drug-likeness (QED) is 0.754. The fourth-order valence-electron chi connectivity index (χ4n) is 3.17. The molecule has 138 valence electrons. The molecule has 1 aromatic carbocycles. The highest BCUT2D eigenvalue weighted by molar-refractivity contribution is 6.35. The van der Waals surface area contributed by atoms with E-state index in [1.54, 1.807) is 24.3 Å². The summed E-state index contributed by atoms with van der Waals surface area (Å²) in [5.74, 6) is 0.656. The zero-order valence-electron chi connectivity index (χ0n) is 14.1. The second kappa shape index (κ2) is 8.69. The summed E-state index contributed by atoms with van der Waals surface area (Å²) in [5, 5.41) is 7.18. The van der Waals surface area contributed by atoms with Crippen molar-refractivity contribution in [2.75, 3.05) is 11.9 Å². The number of amides is 1. The highest BCUT2D eigenvalue weighted by Gasteiger charge is 2.23. The molecule has 1 heterocycles. The number of hydrogen-bond acceptors (Lipinski definition) is 3. The van der Waals surface area contributed by atoms with Gasteiger partial charge in [0.2, 0.25) is 0 Å². The Bertz CT molecular complexity index is 762. The van der Waals surface area contributed by atoms with Crippen LogP contribution >= 0.6 is 23.2 Å². The molecule has 2 N–H and O–H groups in total. The maximum atomic E-state index is 12.9. The van der Waals surface area contributed by atoms with Crippen molar-refractivity contribution in [2.24, 2.45) is 5.92 Å². The van der Waals surface area contributed by atoms with Gasteiger partial charge in [0.25, 0.3) is 5.91 Å². The Kier molecular flexibility index (Phi) is 6.33. The first-order valence-electron chi connectivity index (χ1n) is 8.62. The lowest BCUT2D eigenvalue weighted by Crippen LogP contribution is -2.38. The minimum absolute atomic E-state index is 0.137. The van der Waals surface area contributed by atoms with Crippen LogP contribution in [-0.2, 0) is 0 Å². The topological polar surface area (TPSA) is 54.0 Å². The Morgan fingerprint density at radius 1 is 1.15 bits per heavy atom. The molecule has 1 saturated carbocycles. The molecule has 26 heavy (non-hydrogen) atoms. The van der Waals surface area contributed by atoms with Crippen LogP contribution in [0.3, 0.4) is 0 Å². The maximum Gasteiger partial charge on any atom is 0.253 e. The Labute approximate surface area is 162 Å². The summed E-state index contributed by atoms with van der Waals surface area (Å²) in [4.78, 5) is 16.4. The van der Waals surface area contributed by atoms with Crippen molar-refractivity contribution in [3.63, 3.8) is 0 Å². The van der Waals surface area contributed by atoms with Crippen LogP contribution in [0.25, 0.3) is 0 Å². The number of nitrogens with one attached hydrogen (secondary N) is 2. The van der Waals surface area contributed by atoms with Crippen LogP contribution in [0.15, 0.2) is 36.5 Å². The molecule has 1 amide bonds. The first-order valence-corrected chi connectivity index (χ1v) is 9.38. The summed E-state index contributed by atoms with van der Waals surface area (Å²) >= 11 is 12.0. The van der Waals surface area contributed by atoms with Crippen LogP contribution in [0.1, 0.15) is 36.0 Å². The molecule has 7 heteroatoms. The molecule has 0 atom stereocenters. The van der Waals surface area contributed by atoms with Gasteiger partial charge < -0.3 is 10.6 Å². The number of halogens is 3. The van der Waals surface area contributed by atoms with E-state index in [2.05, 4.69) is 15.6 Å². The van der Waals surface area contributed by atoms with Crippen LogP contribution in [0.4, 0.5) is 10.2 Å². The largest absolute Gasteiger partial charge is 0.370 e. The predicted octanol–water partition coefficient (Wildman–Crippen LogP) is 4.93. The summed E-state index contributed by atoms with van der Waals surface area (Å²) in [6.45, 7) is 0.791. The molecule has 1 aliphatic rings. The lowest BCUT2D eigenvalue weighted by atomic mass is 9.86. The smallest absolute Gasteiger partial charge is 0.253 e. The van der Waals surface area contributed by atoms with E-state index in [1.807, 2.05) is 0 Å². The molecule has 3 rings (SSSR count). The minimum Gasteiger partial charge on any atom is -0.370 e.